The highest BCUT2D eigenvalue weighted by Crippen LogP contribution is 2.36. The van der Waals surface area contributed by atoms with Gasteiger partial charge in [0.2, 0.25) is 0 Å². The molecule has 0 radical (unpaired) electrons. The number of aliphatic carboxylic acids is 1. The number of benzene rings is 3. The van der Waals surface area contributed by atoms with Gasteiger partial charge < -0.3 is 14.6 Å². The number of halogens is 3. The summed E-state index contributed by atoms with van der Waals surface area (Å²) >= 11 is 3.43. The lowest BCUT2D eigenvalue weighted by atomic mass is 10.0. The van der Waals surface area contributed by atoms with Crippen molar-refractivity contribution in [1.29, 1.82) is 0 Å². The molecule has 1 N–H and O–H groups in total. The number of ether oxygens (including phenoxy) is 2. The molecule has 1 amide bonds. The first-order valence-corrected chi connectivity index (χ1v) is 11.2. The lowest BCUT2D eigenvalue weighted by Gasteiger charge is -2.22. The maximum absolute atomic E-state index is 13.7. The Bertz CT molecular complexity index is 1230. The van der Waals surface area contributed by atoms with E-state index in [9.17, 15) is 18.4 Å². The van der Waals surface area contributed by atoms with Gasteiger partial charge in [-0.15, -0.1) is 0 Å². The van der Waals surface area contributed by atoms with Gasteiger partial charge in [-0.1, -0.05) is 28.1 Å². The summed E-state index contributed by atoms with van der Waals surface area (Å²) in [4.78, 5) is 25.1. The fourth-order valence-electron chi connectivity index (χ4n) is 3.87. The largest absolute Gasteiger partial charge is 0.481 e. The highest BCUT2D eigenvalue weighted by atomic mass is 79.9. The molecule has 3 aromatic rings. The van der Waals surface area contributed by atoms with Crippen molar-refractivity contribution in [3.8, 4) is 11.5 Å². The van der Waals surface area contributed by atoms with Gasteiger partial charge in [-0.2, -0.15) is 0 Å². The second-order valence-corrected chi connectivity index (χ2v) is 8.86. The van der Waals surface area contributed by atoms with Gasteiger partial charge in [-0.3, -0.25) is 9.69 Å². The Balaban J connectivity index is 1.58. The lowest BCUT2D eigenvalue weighted by Crippen LogP contribution is -2.31. The van der Waals surface area contributed by atoms with Crippen molar-refractivity contribution in [3.05, 3.63) is 93.5 Å². The van der Waals surface area contributed by atoms with Crippen LogP contribution in [-0.4, -0.2) is 28.1 Å². The standard InChI is InChI=1S/C25H20BrF2NO5/c1-14-24(16-10-19(27)12-20(28)11-16)34-25(32)29(14)13-17-9-18(26)5-6-22(17)33-21-4-2-3-15(7-21)8-23(30)31/h2-7,9-12,14,24H,8,13H2,1H3,(H,30,31)/t14-,24?/m0/s1. The van der Waals surface area contributed by atoms with Gasteiger partial charge in [0, 0.05) is 21.7 Å². The van der Waals surface area contributed by atoms with Crippen LogP contribution in [0.25, 0.3) is 0 Å². The first kappa shape index (κ1) is 23.7. The molecule has 0 saturated carbocycles. The molecule has 1 unspecified atom stereocenters. The monoisotopic (exact) mass is 531 g/mol. The highest BCUT2D eigenvalue weighted by molar-refractivity contribution is 9.10. The van der Waals surface area contributed by atoms with E-state index in [0.29, 0.717) is 22.6 Å². The van der Waals surface area contributed by atoms with Crippen molar-refractivity contribution in [2.45, 2.75) is 32.0 Å². The Morgan fingerprint density at radius 1 is 1.12 bits per heavy atom. The number of hydrogen-bond acceptors (Lipinski definition) is 4. The maximum Gasteiger partial charge on any atom is 0.411 e. The van der Waals surface area contributed by atoms with E-state index < -0.39 is 35.8 Å². The van der Waals surface area contributed by atoms with Crippen LogP contribution < -0.4 is 4.74 Å². The van der Waals surface area contributed by atoms with Crippen molar-refractivity contribution in [1.82, 2.24) is 4.90 Å². The Morgan fingerprint density at radius 2 is 1.85 bits per heavy atom. The summed E-state index contributed by atoms with van der Waals surface area (Å²) in [6.07, 6.45) is -1.58. The van der Waals surface area contributed by atoms with Crippen LogP contribution in [0, 0.1) is 11.6 Å². The Hall–Kier alpha value is -3.46. The van der Waals surface area contributed by atoms with Crippen LogP contribution in [0.4, 0.5) is 13.6 Å². The molecule has 4 rings (SSSR count). The van der Waals surface area contributed by atoms with Gasteiger partial charge in [-0.05, 0) is 55.0 Å². The third-order valence-electron chi connectivity index (χ3n) is 5.45. The van der Waals surface area contributed by atoms with E-state index in [-0.39, 0.29) is 18.5 Å². The molecule has 0 spiro atoms. The van der Waals surface area contributed by atoms with Gasteiger partial charge in [0.15, 0.2) is 0 Å². The van der Waals surface area contributed by atoms with Crippen LogP contribution in [0.15, 0.2) is 65.1 Å². The van der Waals surface area contributed by atoms with Crippen molar-refractivity contribution in [2.24, 2.45) is 0 Å². The van der Waals surface area contributed by atoms with Crippen molar-refractivity contribution >= 4 is 28.0 Å². The molecule has 0 aliphatic carbocycles. The molecule has 1 saturated heterocycles. The zero-order valence-corrected chi connectivity index (χ0v) is 19.6. The molecule has 6 nitrogen and oxygen atoms in total. The lowest BCUT2D eigenvalue weighted by molar-refractivity contribution is -0.136. The number of cyclic esters (lactones) is 1. The molecule has 0 aromatic heterocycles. The summed E-state index contributed by atoms with van der Waals surface area (Å²) in [5.41, 5.74) is 1.49. The van der Waals surface area contributed by atoms with E-state index in [1.54, 1.807) is 49.4 Å². The molecule has 34 heavy (non-hydrogen) atoms. The third-order valence-corrected chi connectivity index (χ3v) is 5.94. The predicted molar refractivity (Wildman–Crippen MR) is 123 cm³/mol. The smallest absolute Gasteiger partial charge is 0.411 e. The minimum Gasteiger partial charge on any atom is -0.481 e. The summed E-state index contributed by atoms with van der Waals surface area (Å²) in [5.74, 6) is -1.52. The Labute approximate surface area is 202 Å². The Morgan fingerprint density at radius 3 is 2.56 bits per heavy atom. The maximum atomic E-state index is 13.7. The van der Waals surface area contributed by atoms with Gasteiger partial charge in [0.1, 0.15) is 29.2 Å². The quantitative estimate of drug-likeness (QED) is 0.391. The van der Waals surface area contributed by atoms with Crippen LogP contribution in [0.1, 0.15) is 29.7 Å². The number of nitrogens with zero attached hydrogens (tertiary/aromatic N) is 1. The molecular formula is C25H20BrF2NO5. The van der Waals surface area contributed by atoms with Crippen molar-refractivity contribution in [3.63, 3.8) is 0 Å². The highest BCUT2D eigenvalue weighted by Gasteiger charge is 2.40. The van der Waals surface area contributed by atoms with E-state index in [1.165, 1.54) is 4.90 Å². The fourth-order valence-corrected chi connectivity index (χ4v) is 4.28. The van der Waals surface area contributed by atoms with Crippen LogP contribution in [0.3, 0.4) is 0 Å². The van der Waals surface area contributed by atoms with Crippen molar-refractivity contribution < 1.29 is 33.0 Å². The van der Waals surface area contributed by atoms with E-state index in [2.05, 4.69) is 15.9 Å². The molecule has 2 atom stereocenters. The number of carboxylic acid groups (broad SMARTS) is 1. The number of hydrogen-bond donors (Lipinski definition) is 1. The zero-order valence-electron chi connectivity index (χ0n) is 18.0. The molecule has 1 heterocycles. The van der Waals surface area contributed by atoms with E-state index in [1.807, 2.05) is 0 Å². The molecule has 0 bridgehead atoms. The van der Waals surface area contributed by atoms with Crippen LogP contribution in [-0.2, 0) is 22.5 Å². The topological polar surface area (TPSA) is 76.1 Å². The van der Waals surface area contributed by atoms with Crippen LogP contribution in [0.2, 0.25) is 0 Å². The second kappa shape index (κ2) is 9.80. The van der Waals surface area contributed by atoms with E-state index in [4.69, 9.17) is 14.6 Å². The number of carbonyl (C=O) groups excluding carboxylic acids is 1. The summed E-state index contributed by atoms with van der Waals surface area (Å²) in [6.45, 7) is 1.87. The van der Waals surface area contributed by atoms with Crippen LogP contribution >= 0.6 is 15.9 Å². The summed E-state index contributed by atoms with van der Waals surface area (Å²) < 4.78 is 39.6. The molecule has 1 aliphatic rings. The molecule has 3 aromatic carbocycles. The van der Waals surface area contributed by atoms with Gasteiger partial charge in [0.25, 0.3) is 0 Å². The van der Waals surface area contributed by atoms with Crippen molar-refractivity contribution in [2.75, 3.05) is 0 Å². The molecule has 1 fully saturated rings. The SMILES string of the molecule is C[C@H]1C(c2cc(F)cc(F)c2)OC(=O)N1Cc1cc(Br)ccc1Oc1cccc(CC(=O)O)c1. The van der Waals surface area contributed by atoms with Gasteiger partial charge in [0.05, 0.1) is 19.0 Å². The molecule has 176 valence electrons. The average Bonchev–Trinajstić information content (AvgIpc) is 3.03. The fraction of sp³-hybridized carbons (Fsp3) is 0.200. The predicted octanol–water partition coefficient (Wildman–Crippen LogP) is 6.23. The minimum atomic E-state index is -0.948. The first-order chi connectivity index (χ1) is 16.2. The minimum absolute atomic E-state index is 0.123. The number of carboxylic acids is 1. The number of amides is 1. The van der Waals surface area contributed by atoms with Crippen LogP contribution in [0.5, 0.6) is 11.5 Å². The summed E-state index contributed by atoms with van der Waals surface area (Å²) in [5, 5.41) is 9.03. The first-order valence-electron chi connectivity index (χ1n) is 10.4. The zero-order chi connectivity index (χ0) is 24.4. The molecule has 9 heteroatoms. The summed E-state index contributed by atoms with van der Waals surface area (Å²) in [6, 6.07) is 14.6. The summed E-state index contributed by atoms with van der Waals surface area (Å²) in [7, 11) is 0. The van der Waals surface area contributed by atoms with E-state index >= 15 is 0 Å². The number of rotatable bonds is 7. The molecule has 1 aliphatic heterocycles. The second-order valence-electron chi connectivity index (χ2n) is 7.95. The third kappa shape index (κ3) is 5.36. The Kier molecular flexibility index (Phi) is 6.83. The number of carbonyl (C=O) groups is 2. The van der Waals surface area contributed by atoms with E-state index in [0.717, 1.165) is 22.7 Å². The van der Waals surface area contributed by atoms with Gasteiger partial charge >= 0.3 is 12.1 Å². The average molecular weight is 532 g/mol. The normalized spacial score (nSPS) is 17.5. The molecular weight excluding hydrogens is 512 g/mol. The van der Waals surface area contributed by atoms with Gasteiger partial charge in [-0.25, -0.2) is 13.6 Å².